The van der Waals surface area contributed by atoms with Crippen molar-refractivity contribution < 1.29 is 31.5 Å². The third kappa shape index (κ3) is 4.44. The average Bonchev–Trinajstić information content (AvgIpc) is 2.90. The van der Waals surface area contributed by atoms with Gasteiger partial charge in [0, 0.05) is 5.69 Å². The molecule has 3 rings (SSSR count). The molecule has 29 heavy (non-hydrogen) atoms. The number of hydrogen-bond acceptors (Lipinski definition) is 4. The van der Waals surface area contributed by atoms with Gasteiger partial charge >= 0.3 is 12.8 Å². The predicted octanol–water partition coefficient (Wildman–Crippen LogP) is 4.31. The standard InChI is InChI=1S/C18H15F5N4O2/c1-9-7-11(18(21,22)23)15-10(2)26-27(16(15)24-9)8-14(28)25-12-5-3-4-6-13(12)29-17(19)20/h3-7,17H,8H2,1-2H3,(H,25,28). The SMILES string of the molecule is Cc1cc(C(F)(F)F)c2c(C)nn(CC(=O)Nc3ccccc3OC(F)F)c2n1. The number of hydrogen-bond donors (Lipinski definition) is 1. The highest BCUT2D eigenvalue weighted by molar-refractivity contribution is 5.93. The molecular formula is C18H15F5N4O2. The summed E-state index contributed by atoms with van der Waals surface area (Å²) in [5.74, 6) is -0.942. The molecule has 0 bridgehead atoms. The number of halogens is 5. The lowest BCUT2D eigenvalue weighted by molar-refractivity contribution is -0.136. The Bertz CT molecular complexity index is 1060. The molecule has 0 radical (unpaired) electrons. The zero-order chi connectivity index (χ0) is 21.3. The summed E-state index contributed by atoms with van der Waals surface area (Å²) in [6, 6.07) is 6.46. The van der Waals surface area contributed by atoms with Crippen molar-refractivity contribution in [3.8, 4) is 5.75 Å². The number of ether oxygens (including phenoxy) is 1. The van der Waals surface area contributed by atoms with Gasteiger partial charge in [-0.15, -0.1) is 0 Å². The maximum atomic E-state index is 13.4. The van der Waals surface area contributed by atoms with E-state index in [1.165, 1.54) is 38.1 Å². The van der Waals surface area contributed by atoms with Gasteiger partial charge in [-0.05, 0) is 32.0 Å². The molecule has 0 saturated carbocycles. The van der Waals surface area contributed by atoms with E-state index in [2.05, 4.69) is 20.1 Å². The summed E-state index contributed by atoms with van der Waals surface area (Å²) in [5.41, 5.74) is -0.816. The van der Waals surface area contributed by atoms with E-state index in [9.17, 15) is 26.7 Å². The van der Waals surface area contributed by atoms with Crippen LogP contribution in [0, 0.1) is 13.8 Å². The number of aromatic nitrogens is 3. The molecule has 0 atom stereocenters. The number of aryl methyl sites for hydroxylation is 2. The highest BCUT2D eigenvalue weighted by Gasteiger charge is 2.35. The minimum absolute atomic E-state index is 0.00824. The molecular weight excluding hydrogens is 399 g/mol. The number of amides is 1. The number of carbonyl (C=O) groups excluding carboxylic acids is 1. The molecule has 154 valence electrons. The van der Waals surface area contributed by atoms with Crippen LogP contribution in [0.2, 0.25) is 0 Å². The molecule has 0 fully saturated rings. The Hall–Kier alpha value is -3.24. The Kier molecular flexibility index (Phi) is 5.40. The Morgan fingerprint density at radius 2 is 1.93 bits per heavy atom. The van der Waals surface area contributed by atoms with Gasteiger partial charge in [0.25, 0.3) is 0 Å². The third-order valence-corrected chi connectivity index (χ3v) is 3.98. The van der Waals surface area contributed by atoms with Crippen LogP contribution < -0.4 is 10.1 Å². The highest BCUT2D eigenvalue weighted by Crippen LogP contribution is 2.36. The fourth-order valence-corrected chi connectivity index (χ4v) is 2.91. The van der Waals surface area contributed by atoms with Gasteiger partial charge in [0.15, 0.2) is 5.65 Å². The van der Waals surface area contributed by atoms with Crippen molar-refractivity contribution in [2.75, 3.05) is 5.32 Å². The van der Waals surface area contributed by atoms with Crippen molar-refractivity contribution in [2.45, 2.75) is 33.2 Å². The van der Waals surface area contributed by atoms with E-state index in [-0.39, 0.29) is 33.9 Å². The Morgan fingerprint density at radius 1 is 1.24 bits per heavy atom. The molecule has 0 spiro atoms. The van der Waals surface area contributed by atoms with E-state index < -0.39 is 30.8 Å². The molecule has 0 unspecified atom stereocenters. The quantitative estimate of drug-likeness (QED) is 0.632. The Labute approximate surface area is 161 Å². The summed E-state index contributed by atoms with van der Waals surface area (Å²) >= 11 is 0. The molecule has 2 aromatic heterocycles. The maximum absolute atomic E-state index is 13.4. The van der Waals surface area contributed by atoms with Gasteiger partial charge in [-0.1, -0.05) is 12.1 Å². The second-order valence-electron chi connectivity index (χ2n) is 6.17. The van der Waals surface area contributed by atoms with Crippen molar-refractivity contribution in [1.29, 1.82) is 0 Å². The van der Waals surface area contributed by atoms with Gasteiger partial charge in [0.05, 0.1) is 22.3 Å². The van der Waals surface area contributed by atoms with Crippen LogP contribution in [0.1, 0.15) is 17.0 Å². The fraction of sp³-hybridized carbons (Fsp3) is 0.278. The van der Waals surface area contributed by atoms with Crippen LogP contribution in [0.4, 0.5) is 27.6 Å². The van der Waals surface area contributed by atoms with Crippen molar-refractivity contribution in [1.82, 2.24) is 14.8 Å². The number of nitrogens with one attached hydrogen (secondary N) is 1. The summed E-state index contributed by atoms with van der Waals surface area (Å²) in [4.78, 5) is 16.5. The predicted molar refractivity (Wildman–Crippen MR) is 93.7 cm³/mol. The molecule has 1 aromatic carbocycles. The van der Waals surface area contributed by atoms with Crippen LogP contribution in [-0.4, -0.2) is 27.3 Å². The average molecular weight is 414 g/mol. The van der Waals surface area contributed by atoms with Gasteiger partial charge in [-0.2, -0.15) is 27.1 Å². The molecule has 3 aromatic rings. The first-order valence-corrected chi connectivity index (χ1v) is 8.32. The molecule has 0 aliphatic rings. The van der Waals surface area contributed by atoms with Crippen LogP contribution in [-0.2, 0) is 17.5 Å². The van der Waals surface area contributed by atoms with Crippen LogP contribution in [0.3, 0.4) is 0 Å². The first-order valence-electron chi connectivity index (χ1n) is 8.32. The largest absolute Gasteiger partial charge is 0.433 e. The van der Waals surface area contributed by atoms with Crippen LogP contribution in [0.15, 0.2) is 30.3 Å². The maximum Gasteiger partial charge on any atom is 0.417 e. The van der Waals surface area contributed by atoms with Gasteiger partial charge < -0.3 is 10.1 Å². The zero-order valence-electron chi connectivity index (χ0n) is 15.2. The molecule has 6 nitrogen and oxygen atoms in total. The van der Waals surface area contributed by atoms with Gasteiger partial charge in [0.1, 0.15) is 12.3 Å². The lowest BCUT2D eigenvalue weighted by atomic mass is 10.1. The first-order chi connectivity index (χ1) is 13.6. The smallest absolute Gasteiger partial charge is 0.417 e. The topological polar surface area (TPSA) is 69.0 Å². The Morgan fingerprint density at radius 3 is 2.59 bits per heavy atom. The lowest BCUT2D eigenvalue weighted by Crippen LogP contribution is -2.20. The van der Waals surface area contributed by atoms with Crippen LogP contribution in [0.5, 0.6) is 5.75 Å². The molecule has 1 amide bonds. The van der Waals surface area contributed by atoms with Crippen LogP contribution >= 0.6 is 0 Å². The number of fused-ring (bicyclic) bond motifs is 1. The van der Waals surface area contributed by atoms with Crippen LogP contribution in [0.25, 0.3) is 11.0 Å². The van der Waals surface area contributed by atoms with Crippen molar-refractivity contribution >= 4 is 22.6 Å². The van der Waals surface area contributed by atoms with Crippen molar-refractivity contribution in [3.05, 3.63) is 47.3 Å². The second kappa shape index (κ2) is 7.64. The van der Waals surface area contributed by atoms with Crippen molar-refractivity contribution in [3.63, 3.8) is 0 Å². The number of para-hydroxylation sites is 2. The molecule has 0 aliphatic heterocycles. The molecule has 0 aliphatic carbocycles. The normalized spacial score (nSPS) is 11.9. The number of benzene rings is 1. The van der Waals surface area contributed by atoms with E-state index >= 15 is 0 Å². The zero-order valence-corrected chi connectivity index (χ0v) is 15.2. The minimum Gasteiger partial charge on any atom is -0.433 e. The molecule has 2 heterocycles. The first kappa shape index (κ1) is 20.5. The lowest BCUT2D eigenvalue weighted by Gasteiger charge is -2.12. The number of pyridine rings is 1. The van der Waals surface area contributed by atoms with E-state index in [1.54, 1.807) is 0 Å². The second-order valence-corrected chi connectivity index (χ2v) is 6.17. The van der Waals surface area contributed by atoms with E-state index in [1.807, 2.05) is 0 Å². The van der Waals surface area contributed by atoms with Gasteiger partial charge in [-0.3, -0.25) is 4.79 Å². The van der Waals surface area contributed by atoms with E-state index in [4.69, 9.17) is 0 Å². The monoisotopic (exact) mass is 414 g/mol. The number of anilines is 1. The molecule has 0 saturated heterocycles. The summed E-state index contributed by atoms with van der Waals surface area (Å²) < 4.78 is 70.4. The van der Waals surface area contributed by atoms with Gasteiger partial charge in [0.2, 0.25) is 5.91 Å². The molecule has 1 N–H and O–H groups in total. The summed E-state index contributed by atoms with van der Waals surface area (Å²) in [5, 5.41) is 6.19. The van der Waals surface area contributed by atoms with E-state index in [0.717, 1.165) is 10.7 Å². The van der Waals surface area contributed by atoms with Crippen molar-refractivity contribution in [2.24, 2.45) is 0 Å². The van der Waals surface area contributed by atoms with E-state index in [0.29, 0.717) is 0 Å². The van der Waals surface area contributed by atoms with Gasteiger partial charge in [-0.25, -0.2) is 9.67 Å². The summed E-state index contributed by atoms with van der Waals surface area (Å²) in [6.45, 7) is -0.770. The third-order valence-electron chi connectivity index (χ3n) is 3.98. The highest BCUT2D eigenvalue weighted by atomic mass is 19.4. The number of nitrogens with zero attached hydrogens (tertiary/aromatic N) is 3. The number of rotatable bonds is 5. The molecule has 11 heteroatoms. The number of carbonyl (C=O) groups is 1. The number of alkyl halides is 5. The fourth-order valence-electron chi connectivity index (χ4n) is 2.91. The minimum atomic E-state index is -4.61. The summed E-state index contributed by atoms with van der Waals surface area (Å²) in [6.07, 6.45) is -4.61. The summed E-state index contributed by atoms with van der Waals surface area (Å²) in [7, 11) is 0. The Balaban J connectivity index is 1.92.